The summed E-state index contributed by atoms with van der Waals surface area (Å²) >= 11 is 0. The molecule has 154 valence electrons. The molecule has 1 aromatic heterocycles. The topological polar surface area (TPSA) is 118 Å². The molecule has 0 bridgehead atoms. The number of hydrogen-bond acceptors (Lipinski definition) is 8. The Bertz CT molecular complexity index is 1110. The summed E-state index contributed by atoms with van der Waals surface area (Å²) in [5.74, 6) is -2.21. The van der Waals surface area contributed by atoms with Gasteiger partial charge in [-0.3, -0.25) is 18.9 Å². The Hall–Kier alpha value is -2.30. The second kappa shape index (κ2) is 6.10. The van der Waals surface area contributed by atoms with Gasteiger partial charge in [-0.1, -0.05) is 18.2 Å². The fourth-order valence-electron chi connectivity index (χ4n) is 4.10. The quantitative estimate of drug-likeness (QED) is 0.707. The number of rotatable bonds is 5. The molecule has 6 atom stereocenters. The number of benzene rings is 1. The molecule has 1 spiro atoms. The van der Waals surface area contributed by atoms with Gasteiger partial charge in [0, 0.05) is 12.3 Å². The van der Waals surface area contributed by atoms with Gasteiger partial charge in [0.15, 0.2) is 23.5 Å². The van der Waals surface area contributed by atoms with Gasteiger partial charge in [0.2, 0.25) is 0 Å². The molecule has 2 aliphatic heterocycles. The predicted octanol–water partition coefficient (Wildman–Crippen LogP) is 1.10. The maximum absolute atomic E-state index is 15.7. The van der Waals surface area contributed by atoms with Gasteiger partial charge in [-0.25, -0.2) is 13.8 Å². The lowest BCUT2D eigenvalue weighted by atomic mass is 9.95. The maximum Gasteiger partial charge on any atom is 0.368 e. The zero-order chi connectivity index (χ0) is 20.4. The van der Waals surface area contributed by atoms with Crippen LogP contribution in [0.25, 0.3) is 0 Å². The summed E-state index contributed by atoms with van der Waals surface area (Å²) in [6, 6.07) is 9.40. The number of halogens is 1. The third-order valence-electron chi connectivity index (χ3n) is 5.53. The summed E-state index contributed by atoms with van der Waals surface area (Å²) in [5.41, 5.74) is -4.62. The van der Waals surface area contributed by atoms with Crippen molar-refractivity contribution < 1.29 is 32.2 Å². The van der Waals surface area contributed by atoms with Gasteiger partial charge < -0.3 is 18.7 Å². The number of alkyl halides is 1. The third kappa shape index (κ3) is 2.39. The average Bonchev–Trinajstić information content (AvgIpc) is 2.92. The minimum absolute atomic E-state index is 0.277. The molecule has 29 heavy (non-hydrogen) atoms. The number of hydrogen-bond donors (Lipinski definition) is 1. The van der Waals surface area contributed by atoms with E-state index < -0.39 is 48.9 Å². The number of para-hydroxylation sites is 1. The first-order valence-corrected chi connectivity index (χ1v) is 9.94. The molecule has 2 aromatic rings. The first-order valence-electron chi connectivity index (χ1n) is 8.71. The third-order valence-corrected chi connectivity index (χ3v) is 6.36. The Labute approximate surface area is 163 Å². The molecule has 2 unspecified atom stereocenters. The van der Waals surface area contributed by atoms with Crippen LogP contribution in [0, 0.1) is 0 Å². The smallest absolute Gasteiger partial charge is 0.368 e. The normalized spacial score (nSPS) is 38.3. The summed E-state index contributed by atoms with van der Waals surface area (Å²) in [6.45, 7) is 1.22. The van der Waals surface area contributed by atoms with Crippen LogP contribution in [0.2, 0.25) is 0 Å². The fourth-order valence-corrected chi connectivity index (χ4v) is 4.99. The van der Waals surface area contributed by atoms with E-state index in [1.54, 1.807) is 30.3 Å². The number of nitrogens with one attached hydrogen (secondary N) is 1. The molecule has 12 heteroatoms. The Kier molecular flexibility index (Phi) is 3.94. The highest BCUT2D eigenvalue weighted by atomic mass is 31.1. The van der Waals surface area contributed by atoms with Crippen LogP contribution in [-0.2, 0) is 23.3 Å². The largest absolute Gasteiger partial charge is 0.426 e. The van der Waals surface area contributed by atoms with Gasteiger partial charge >= 0.3 is 13.9 Å². The first kappa shape index (κ1) is 18.7. The fraction of sp³-hybridized carbons (Fsp3) is 0.412. The molecule has 0 amide bonds. The van der Waals surface area contributed by atoms with Crippen LogP contribution in [0.3, 0.4) is 0 Å². The second-order valence-electron chi connectivity index (χ2n) is 7.04. The van der Waals surface area contributed by atoms with E-state index in [1.165, 1.54) is 13.1 Å². The Morgan fingerprint density at radius 3 is 2.72 bits per heavy atom. The van der Waals surface area contributed by atoms with Crippen LogP contribution in [-0.4, -0.2) is 39.5 Å². The van der Waals surface area contributed by atoms with Crippen molar-refractivity contribution in [2.75, 3.05) is 6.79 Å². The lowest BCUT2D eigenvalue weighted by Gasteiger charge is -2.31. The van der Waals surface area contributed by atoms with Crippen molar-refractivity contribution in [1.29, 1.82) is 0 Å². The van der Waals surface area contributed by atoms with Crippen molar-refractivity contribution in [3.8, 4) is 5.75 Å². The van der Waals surface area contributed by atoms with E-state index in [1.807, 2.05) is 0 Å². The number of ether oxygens (including phenoxy) is 3. The van der Waals surface area contributed by atoms with Crippen molar-refractivity contribution >= 4 is 8.25 Å². The van der Waals surface area contributed by atoms with E-state index in [9.17, 15) is 14.2 Å². The summed E-state index contributed by atoms with van der Waals surface area (Å²) in [6.07, 6.45) is -1.44. The van der Waals surface area contributed by atoms with Crippen molar-refractivity contribution in [3.63, 3.8) is 0 Å². The summed E-state index contributed by atoms with van der Waals surface area (Å²) in [7, 11) is -3.14. The molecule has 1 saturated carbocycles. The Balaban J connectivity index is 1.42. The van der Waals surface area contributed by atoms with Gasteiger partial charge in [0.1, 0.15) is 12.5 Å². The second-order valence-corrected chi connectivity index (χ2v) is 7.98. The minimum atomic E-state index is -3.14. The van der Waals surface area contributed by atoms with Gasteiger partial charge in [-0.05, 0) is 19.1 Å². The highest BCUT2D eigenvalue weighted by Crippen LogP contribution is 2.75. The summed E-state index contributed by atoms with van der Waals surface area (Å²) < 4.78 is 56.1. The lowest BCUT2D eigenvalue weighted by molar-refractivity contribution is -0.188. The Morgan fingerprint density at radius 1 is 1.24 bits per heavy atom. The molecular weight excluding hydrogens is 410 g/mol. The molecule has 1 N–H and O–H groups in total. The molecule has 1 aliphatic carbocycles. The van der Waals surface area contributed by atoms with E-state index in [0.29, 0.717) is 5.75 Å². The zero-order valence-corrected chi connectivity index (χ0v) is 16.0. The van der Waals surface area contributed by atoms with Gasteiger partial charge in [0.05, 0.1) is 0 Å². The van der Waals surface area contributed by atoms with Gasteiger partial charge in [-0.15, -0.1) is 0 Å². The summed E-state index contributed by atoms with van der Waals surface area (Å²) in [5, 5.41) is 0. The number of H-pyrrole nitrogens is 1. The number of aromatic nitrogens is 2. The van der Waals surface area contributed by atoms with E-state index in [-0.39, 0.29) is 6.79 Å². The SMILES string of the molecule is C[C@@]12OCO[C@@]13C(O[PH](=O)Oc1ccccc1)[C@@]3(F)O[C@H]2n1ccc(=O)[nH]c1=O. The Morgan fingerprint density at radius 2 is 2.00 bits per heavy atom. The monoisotopic (exact) mass is 426 g/mol. The maximum atomic E-state index is 15.7. The summed E-state index contributed by atoms with van der Waals surface area (Å²) in [4.78, 5) is 25.6. The minimum Gasteiger partial charge on any atom is -0.426 e. The van der Waals surface area contributed by atoms with Crippen molar-refractivity contribution in [2.45, 2.75) is 36.3 Å². The van der Waals surface area contributed by atoms with Crippen LogP contribution in [0.5, 0.6) is 5.75 Å². The average molecular weight is 426 g/mol. The van der Waals surface area contributed by atoms with E-state index >= 15 is 4.39 Å². The predicted molar refractivity (Wildman–Crippen MR) is 94.4 cm³/mol. The van der Waals surface area contributed by atoms with Crippen molar-refractivity contribution in [2.24, 2.45) is 0 Å². The number of nitrogens with zero attached hydrogens (tertiary/aromatic N) is 1. The molecule has 10 nitrogen and oxygen atoms in total. The molecule has 0 radical (unpaired) electrons. The lowest BCUT2D eigenvalue weighted by Crippen LogP contribution is -2.49. The van der Waals surface area contributed by atoms with Crippen LogP contribution >= 0.6 is 8.25 Å². The molecule has 3 heterocycles. The molecule has 3 fully saturated rings. The standard InChI is InChI=1S/C17H16FN2O8P/c1-15-13(20-8-7-11(21)19-14(20)22)26-17(18)12(16(15,17)25-9-24-15)28-29(23)27-10-5-3-2-4-6-10/h2-8,12-13,29H,9H2,1H3,(H,19,21,22)/t12?,13-,15+,16+,17-/m1/s1. The van der Waals surface area contributed by atoms with Crippen LogP contribution in [0.4, 0.5) is 4.39 Å². The molecule has 5 rings (SSSR count). The van der Waals surface area contributed by atoms with Crippen molar-refractivity contribution in [3.05, 3.63) is 63.4 Å². The molecule has 2 saturated heterocycles. The number of aromatic amines is 1. The van der Waals surface area contributed by atoms with E-state index in [0.717, 1.165) is 10.6 Å². The van der Waals surface area contributed by atoms with E-state index in [2.05, 4.69) is 4.98 Å². The molecular formula is C17H16FN2O8P. The molecule has 1 aromatic carbocycles. The highest BCUT2D eigenvalue weighted by molar-refractivity contribution is 7.33. The first-order chi connectivity index (χ1) is 13.8. The van der Waals surface area contributed by atoms with Gasteiger partial charge in [0.25, 0.3) is 11.4 Å². The molecule has 3 aliphatic rings. The van der Waals surface area contributed by atoms with Crippen LogP contribution in [0.15, 0.2) is 52.2 Å². The highest BCUT2D eigenvalue weighted by Gasteiger charge is 2.98. The van der Waals surface area contributed by atoms with E-state index in [4.69, 9.17) is 23.3 Å². The van der Waals surface area contributed by atoms with Crippen molar-refractivity contribution in [1.82, 2.24) is 9.55 Å². The van der Waals surface area contributed by atoms with Crippen LogP contribution < -0.4 is 15.8 Å². The zero-order valence-electron chi connectivity index (χ0n) is 15.0. The van der Waals surface area contributed by atoms with Crippen LogP contribution in [0.1, 0.15) is 13.2 Å². The van der Waals surface area contributed by atoms with Gasteiger partial charge in [-0.2, -0.15) is 0 Å².